The highest BCUT2D eigenvalue weighted by molar-refractivity contribution is 6.35. The van der Waals surface area contributed by atoms with Crippen molar-refractivity contribution in [1.82, 2.24) is 20.0 Å². The lowest BCUT2D eigenvalue weighted by atomic mass is 10.0. The number of nitrogen functional groups attached to an aromatic ring is 1. The van der Waals surface area contributed by atoms with Gasteiger partial charge in [0.15, 0.2) is 5.82 Å². The second-order valence-corrected chi connectivity index (χ2v) is 6.81. The first-order chi connectivity index (χ1) is 11.5. The van der Waals surface area contributed by atoms with Gasteiger partial charge in [0.05, 0.1) is 6.04 Å². The zero-order valence-corrected chi connectivity index (χ0v) is 14.7. The van der Waals surface area contributed by atoms with Crippen LogP contribution in [-0.4, -0.2) is 46.5 Å². The Hall–Kier alpha value is -2.05. The highest BCUT2D eigenvalue weighted by atomic mass is 35.5. The molecule has 6 nitrogen and oxygen atoms in total. The van der Waals surface area contributed by atoms with Crippen molar-refractivity contribution in [3.63, 3.8) is 0 Å². The van der Waals surface area contributed by atoms with E-state index in [2.05, 4.69) is 39.4 Å². The number of amides is 1. The Morgan fingerprint density at radius 1 is 1.42 bits per heavy atom. The molecule has 0 radical (unpaired) electrons. The van der Waals surface area contributed by atoms with Gasteiger partial charge in [-0.25, -0.2) is 0 Å². The van der Waals surface area contributed by atoms with Crippen LogP contribution in [-0.2, 0) is 6.54 Å². The number of hydrogen-bond acceptors (Lipinski definition) is 4. The maximum atomic E-state index is 12.8. The summed E-state index contributed by atoms with van der Waals surface area (Å²) in [6, 6.07) is 8.52. The average Bonchev–Trinajstić information content (AvgIpc) is 3.15. The Morgan fingerprint density at radius 3 is 2.71 bits per heavy atom. The molecule has 0 bridgehead atoms. The average molecular weight is 348 g/mol. The molecule has 1 amide bonds. The molecule has 1 aromatic carbocycles. The van der Waals surface area contributed by atoms with Crippen LogP contribution in [0.2, 0.25) is 5.02 Å². The van der Waals surface area contributed by atoms with Gasteiger partial charge >= 0.3 is 0 Å². The molecule has 1 saturated heterocycles. The van der Waals surface area contributed by atoms with Gasteiger partial charge in [-0.3, -0.25) is 9.89 Å². The van der Waals surface area contributed by atoms with Crippen LogP contribution >= 0.6 is 11.6 Å². The molecule has 1 fully saturated rings. The van der Waals surface area contributed by atoms with E-state index in [9.17, 15) is 4.79 Å². The van der Waals surface area contributed by atoms with Crippen LogP contribution in [0.3, 0.4) is 0 Å². The first-order valence-electron chi connectivity index (χ1n) is 8.01. The number of carbonyl (C=O) groups is 1. The van der Waals surface area contributed by atoms with Crippen molar-refractivity contribution in [2.75, 3.05) is 26.4 Å². The van der Waals surface area contributed by atoms with E-state index < -0.39 is 0 Å². The van der Waals surface area contributed by atoms with Gasteiger partial charge in [-0.05, 0) is 38.1 Å². The number of H-pyrrole nitrogens is 1. The number of aromatic amines is 1. The molecule has 1 aromatic heterocycles. The Morgan fingerprint density at radius 2 is 2.12 bits per heavy atom. The topological polar surface area (TPSA) is 78.2 Å². The first kappa shape index (κ1) is 16.8. The van der Waals surface area contributed by atoms with Crippen molar-refractivity contribution < 1.29 is 4.79 Å². The zero-order chi connectivity index (χ0) is 17.3. The highest BCUT2D eigenvalue weighted by Crippen LogP contribution is 2.34. The molecular weight excluding hydrogens is 326 g/mol. The van der Waals surface area contributed by atoms with E-state index >= 15 is 0 Å². The van der Waals surface area contributed by atoms with Crippen molar-refractivity contribution in [3.05, 3.63) is 46.1 Å². The van der Waals surface area contributed by atoms with Crippen LogP contribution in [0.25, 0.3) is 0 Å². The summed E-state index contributed by atoms with van der Waals surface area (Å²) in [5, 5.41) is 6.66. The van der Waals surface area contributed by atoms with Crippen molar-refractivity contribution >= 4 is 23.3 Å². The van der Waals surface area contributed by atoms with Crippen LogP contribution < -0.4 is 5.73 Å². The lowest BCUT2D eigenvalue weighted by Crippen LogP contribution is -2.31. The number of carbonyl (C=O) groups excluding carboxylic acids is 1. The summed E-state index contributed by atoms with van der Waals surface area (Å²) < 4.78 is 0. The molecule has 3 rings (SSSR count). The number of nitrogens with zero attached hydrogens (tertiary/aromatic N) is 3. The van der Waals surface area contributed by atoms with Crippen molar-refractivity contribution in [1.29, 1.82) is 0 Å². The van der Waals surface area contributed by atoms with E-state index in [0.29, 0.717) is 6.54 Å². The van der Waals surface area contributed by atoms with Crippen LogP contribution in [0.15, 0.2) is 24.3 Å². The molecule has 24 heavy (non-hydrogen) atoms. The number of nitrogens with two attached hydrogens (primary N) is 1. The van der Waals surface area contributed by atoms with E-state index in [-0.39, 0.29) is 28.5 Å². The number of likely N-dealkylation sites (tertiary alicyclic amines) is 1. The molecule has 2 heterocycles. The predicted octanol–water partition coefficient (Wildman–Crippen LogP) is 2.68. The molecule has 0 spiro atoms. The van der Waals surface area contributed by atoms with Gasteiger partial charge in [-0.15, -0.1) is 0 Å². The molecular formula is C17H22ClN5O. The molecule has 1 aliphatic heterocycles. The lowest BCUT2D eigenvalue weighted by Gasteiger charge is -2.25. The third-order valence-corrected chi connectivity index (χ3v) is 4.71. The van der Waals surface area contributed by atoms with E-state index in [1.807, 2.05) is 19.0 Å². The van der Waals surface area contributed by atoms with Crippen LogP contribution in [0.5, 0.6) is 0 Å². The monoisotopic (exact) mass is 347 g/mol. The second kappa shape index (κ2) is 6.83. The SMILES string of the molecule is CN(C)Cc1ccc([C@H]2CCCN2C(=O)c2[nH]nc(N)c2Cl)cc1. The van der Waals surface area contributed by atoms with E-state index in [4.69, 9.17) is 17.3 Å². The largest absolute Gasteiger partial charge is 0.381 e. The molecule has 128 valence electrons. The van der Waals surface area contributed by atoms with Gasteiger partial charge in [0, 0.05) is 13.1 Å². The Balaban J connectivity index is 1.80. The minimum Gasteiger partial charge on any atom is -0.381 e. The quantitative estimate of drug-likeness (QED) is 0.891. The molecule has 0 unspecified atom stereocenters. The number of rotatable bonds is 4. The van der Waals surface area contributed by atoms with Crippen LogP contribution in [0, 0.1) is 0 Å². The first-order valence-corrected chi connectivity index (χ1v) is 8.39. The van der Waals surface area contributed by atoms with Gasteiger partial charge in [0.25, 0.3) is 5.91 Å². The Kier molecular flexibility index (Phi) is 4.78. The van der Waals surface area contributed by atoms with Crippen molar-refractivity contribution in [3.8, 4) is 0 Å². The Bertz CT molecular complexity index is 725. The predicted molar refractivity (Wildman–Crippen MR) is 94.9 cm³/mol. The van der Waals surface area contributed by atoms with Gasteiger partial charge in [-0.1, -0.05) is 35.9 Å². The van der Waals surface area contributed by atoms with Crippen molar-refractivity contribution in [2.45, 2.75) is 25.4 Å². The minimum absolute atomic E-state index is 0.0616. The molecule has 3 N–H and O–H groups in total. The molecule has 0 aliphatic carbocycles. The summed E-state index contributed by atoms with van der Waals surface area (Å²) in [5.41, 5.74) is 8.30. The minimum atomic E-state index is -0.149. The third-order valence-electron chi connectivity index (χ3n) is 4.32. The second-order valence-electron chi connectivity index (χ2n) is 6.43. The Labute approximate surface area is 146 Å². The van der Waals surface area contributed by atoms with Gasteiger partial charge < -0.3 is 15.5 Å². The maximum absolute atomic E-state index is 12.8. The number of hydrogen-bond donors (Lipinski definition) is 2. The van der Waals surface area contributed by atoms with E-state index in [1.165, 1.54) is 5.56 Å². The fourth-order valence-corrected chi connectivity index (χ4v) is 3.36. The summed E-state index contributed by atoms with van der Waals surface area (Å²) in [6.07, 6.45) is 1.91. The zero-order valence-electron chi connectivity index (χ0n) is 13.9. The van der Waals surface area contributed by atoms with E-state index in [1.54, 1.807) is 0 Å². The van der Waals surface area contributed by atoms with E-state index in [0.717, 1.165) is 24.9 Å². The molecule has 0 saturated carbocycles. The van der Waals surface area contributed by atoms with Crippen LogP contribution in [0.1, 0.15) is 40.5 Å². The number of nitrogens with one attached hydrogen (secondary N) is 1. The number of aromatic nitrogens is 2. The summed E-state index contributed by atoms with van der Waals surface area (Å²) >= 11 is 6.07. The number of anilines is 1. The van der Waals surface area contributed by atoms with Gasteiger partial charge in [-0.2, -0.15) is 5.10 Å². The standard InChI is InChI=1S/C17H22ClN5O/c1-22(2)10-11-5-7-12(8-6-11)13-4-3-9-23(13)17(24)15-14(18)16(19)21-20-15/h5-8,13H,3-4,9-10H2,1-2H3,(H3,19,20,21)/t13-/m1/s1. The summed E-state index contributed by atoms with van der Waals surface area (Å²) in [7, 11) is 4.09. The summed E-state index contributed by atoms with van der Waals surface area (Å²) in [6.45, 7) is 1.61. The summed E-state index contributed by atoms with van der Waals surface area (Å²) in [4.78, 5) is 16.8. The highest BCUT2D eigenvalue weighted by Gasteiger charge is 2.32. The third kappa shape index (κ3) is 3.25. The van der Waals surface area contributed by atoms with Gasteiger partial charge in [0.1, 0.15) is 10.7 Å². The fourth-order valence-electron chi connectivity index (χ4n) is 3.19. The lowest BCUT2D eigenvalue weighted by molar-refractivity contribution is 0.0730. The fraction of sp³-hybridized carbons (Fsp3) is 0.412. The number of benzene rings is 1. The number of halogens is 1. The molecule has 1 atom stereocenters. The molecule has 1 aliphatic rings. The molecule has 7 heteroatoms. The maximum Gasteiger partial charge on any atom is 0.274 e. The van der Waals surface area contributed by atoms with Gasteiger partial charge in [0.2, 0.25) is 0 Å². The van der Waals surface area contributed by atoms with Crippen molar-refractivity contribution in [2.24, 2.45) is 0 Å². The normalized spacial score (nSPS) is 17.7. The molecule has 2 aromatic rings. The van der Waals surface area contributed by atoms with Crippen LogP contribution in [0.4, 0.5) is 5.82 Å². The summed E-state index contributed by atoms with van der Waals surface area (Å²) in [5.74, 6) is 0.00729. The smallest absolute Gasteiger partial charge is 0.274 e.